The summed E-state index contributed by atoms with van der Waals surface area (Å²) in [5.74, 6) is 2.66. The van der Waals surface area contributed by atoms with Crippen LogP contribution in [-0.4, -0.2) is 22.3 Å². The fourth-order valence-corrected chi connectivity index (χ4v) is 4.84. The molecular formula is C17H17Cl2N3S2. The van der Waals surface area contributed by atoms with Crippen LogP contribution in [0.1, 0.15) is 17.4 Å². The largest absolute Gasteiger partial charge is 0.369 e. The Bertz CT molecular complexity index is 816. The predicted octanol–water partition coefficient (Wildman–Crippen LogP) is 5.91. The van der Waals surface area contributed by atoms with Crippen molar-refractivity contribution in [1.82, 2.24) is 9.97 Å². The van der Waals surface area contributed by atoms with Gasteiger partial charge in [0.15, 0.2) is 0 Å². The number of rotatable bonds is 7. The normalized spacial score (nSPS) is 11.1. The van der Waals surface area contributed by atoms with Crippen LogP contribution in [0.15, 0.2) is 30.6 Å². The molecule has 0 atom stereocenters. The molecule has 0 aliphatic carbocycles. The van der Waals surface area contributed by atoms with E-state index in [4.69, 9.17) is 23.2 Å². The van der Waals surface area contributed by atoms with Gasteiger partial charge in [-0.25, -0.2) is 9.97 Å². The zero-order valence-corrected chi connectivity index (χ0v) is 16.3. The number of thiophene rings is 1. The highest BCUT2D eigenvalue weighted by Gasteiger charge is 2.08. The summed E-state index contributed by atoms with van der Waals surface area (Å²) in [6.45, 7) is 2.98. The van der Waals surface area contributed by atoms with E-state index in [1.807, 2.05) is 18.2 Å². The van der Waals surface area contributed by atoms with Crippen molar-refractivity contribution in [2.24, 2.45) is 0 Å². The molecule has 2 heterocycles. The molecule has 2 aromatic heterocycles. The summed E-state index contributed by atoms with van der Waals surface area (Å²) in [6, 6.07) is 7.80. The molecule has 0 bridgehead atoms. The summed E-state index contributed by atoms with van der Waals surface area (Å²) in [5.41, 5.74) is 1.00. The van der Waals surface area contributed by atoms with Gasteiger partial charge < -0.3 is 5.32 Å². The van der Waals surface area contributed by atoms with Crippen molar-refractivity contribution in [1.29, 1.82) is 0 Å². The minimum atomic E-state index is 0.728. The number of benzene rings is 1. The maximum absolute atomic E-state index is 6.19. The average molecular weight is 398 g/mol. The molecule has 3 nitrogen and oxygen atoms in total. The van der Waals surface area contributed by atoms with E-state index in [1.54, 1.807) is 29.4 Å². The van der Waals surface area contributed by atoms with Crippen LogP contribution in [0.5, 0.6) is 0 Å². The van der Waals surface area contributed by atoms with Crippen LogP contribution < -0.4 is 5.32 Å². The zero-order chi connectivity index (χ0) is 16.9. The zero-order valence-electron chi connectivity index (χ0n) is 13.2. The summed E-state index contributed by atoms with van der Waals surface area (Å²) in [6.07, 6.45) is 2.65. The van der Waals surface area contributed by atoms with Gasteiger partial charge in [0.2, 0.25) is 0 Å². The Hall–Kier alpha value is -1.01. The van der Waals surface area contributed by atoms with Crippen molar-refractivity contribution >= 4 is 62.3 Å². The van der Waals surface area contributed by atoms with Gasteiger partial charge in [-0.2, -0.15) is 11.8 Å². The highest BCUT2D eigenvalue weighted by molar-refractivity contribution is 7.98. The van der Waals surface area contributed by atoms with E-state index in [2.05, 4.69) is 28.3 Å². The van der Waals surface area contributed by atoms with Gasteiger partial charge in [0, 0.05) is 33.0 Å². The summed E-state index contributed by atoms with van der Waals surface area (Å²) >= 11 is 15.9. The minimum absolute atomic E-state index is 0.728. The first-order valence-electron chi connectivity index (χ1n) is 7.67. The van der Waals surface area contributed by atoms with Gasteiger partial charge in [0.25, 0.3) is 0 Å². The second kappa shape index (κ2) is 8.39. The SMILES string of the molecule is CCc1cc2c(NCCSCc3c(Cl)cccc3Cl)ncnc2s1. The number of aryl methyl sites for hydroxylation is 1. The number of nitrogens with one attached hydrogen (secondary N) is 1. The third-order valence-electron chi connectivity index (χ3n) is 3.58. The van der Waals surface area contributed by atoms with Gasteiger partial charge in [0.1, 0.15) is 17.0 Å². The summed E-state index contributed by atoms with van der Waals surface area (Å²) < 4.78 is 0. The Labute approximate surface area is 159 Å². The number of halogens is 2. The quantitative estimate of drug-likeness (QED) is 0.503. The molecule has 0 unspecified atom stereocenters. The topological polar surface area (TPSA) is 37.8 Å². The van der Waals surface area contributed by atoms with Gasteiger partial charge in [0.05, 0.1) is 5.39 Å². The van der Waals surface area contributed by atoms with Crippen molar-refractivity contribution in [3.63, 3.8) is 0 Å². The number of aromatic nitrogens is 2. The molecular weight excluding hydrogens is 381 g/mol. The second-order valence-corrected chi connectivity index (χ2v) is 8.22. The Balaban J connectivity index is 1.55. The Morgan fingerprint density at radius 2 is 2.00 bits per heavy atom. The third-order valence-corrected chi connectivity index (χ3v) is 6.46. The Morgan fingerprint density at radius 3 is 2.75 bits per heavy atom. The van der Waals surface area contributed by atoms with Gasteiger partial charge >= 0.3 is 0 Å². The summed E-state index contributed by atoms with van der Waals surface area (Å²) in [5, 5.41) is 5.97. The van der Waals surface area contributed by atoms with Crippen LogP contribution in [0.25, 0.3) is 10.2 Å². The van der Waals surface area contributed by atoms with Crippen molar-refractivity contribution in [3.8, 4) is 0 Å². The summed E-state index contributed by atoms with van der Waals surface area (Å²) in [7, 11) is 0. The van der Waals surface area contributed by atoms with Crippen LogP contribution in [0.4, 0.5) is 5.82 Å². The monoisotopic (exact) mass is 397 g/mol. The highest BCUT2D eigenvalue weighted by atomic mass is 35.5. The van der Waals surface area contributed by atoms with Crippen molar-refractivity contribution in [2.75, 3.05) is 17.6 Å². The second-order valence-electron chi connectivity index (χ2n) is 5.19. The van der Waals surface area contributed by atoms with Crippen molar-refractivity contribution < 1.29 is 0 Å². The molecule has 24 heavy (non-hydrogen) atoms. The molecule has 126 valence electrons. The van der Waals surface area contributed by atoms with Gasteiger partial charge in [-0.15, -0.1) is 11.3 Å². The molecule has 0 saturated heterocycles. The molecule has 0 saturated carbocycles. The van der Waals surface area contributed by atoms with E-state index < -0.39 is 0 Å². The first-order valence-corrected chi connectivity index (χ1v) is 10.4. The molecule has 1 aromatic carbocycles. The Kier molecular flexibility index (Phi) is 6.22. The third kappa shape index (κ3) is 4.14. The average Bonchev–Trinajstić information content (AvgIpc) is 3.01. The molecule has 0 radical (unpaired) electrons. The smallest absolute Gasteiger partial charge is 0.138 e. The first-order chi connectivity index (χ1) is 11.7. The Morgan fingerprint density at radius 1 is 1.21 bits per heavy atom. The van der Waals surface area contributed by atoms with Gasteiger partial charge in [-0.05, 0) is 30.2 Å². The fraction of sp³-hybridized carbons (Fsp3) is 0.294. The van der Waals surface area contributed by atoms with Crippen molar-refractivity contribution in [3.05, 3.63) is 51.1 Å². The van der Waals surface area contributed by atoms with Gasteiger partial charge in [-0.1, -0.05) is 36.2 Å². The number of anilines is 1. The molecule has 0 aliphatic rings. The molecule has 0 spiro atoms. The lowest BCUT2D eigenvalue weighted by atomic mass is 10.2. The minimum Gasteiger partial charge on any atom is -0.369 e. The van der Waals surface area contributed by atoms with E-state index in [1.165, 1.54) is 4.88 Å². The molecule has 3 rings (SSSR count). The van der Waals surface area contributed by atoms with E-state index in [9.17, 15) is 0 Å². The molecule has 1 N–H and O–H groups in total. The number of nitrogens with zero attached hydrogens (tertiary/aromatic N) is 2. The standard InChI is InChI=1S/C17H17Cl2N3S2/c1-2-11-8-12-16(21-10-22-17(12)24-11)20-6-7-23-9-13-14(18)4-3-5-15(13)19/h3-5,8,10H,2,6-7,9H2,1H3,(H,20,21,22). The molecule has 0 fully saturated rings. The van der Waals surface area contributed by atoms with E-state index >= 15 is 0 Å². The maximum atomic E-state index is 6.19. The lowest BCUT2D eigenvalue weighted by Gasteiger charge is -2.08. The molecule has 0 aliphatic heterocycles. The fourth-order valence-electron chi connectivity index (χ4n) is 2.31. The van der Waals surface area contributed by atoms with Crippen molar-refractivity contribution in [2.45, 2.75) is 19.1 Å². The van der Waals surface area contributed by atoms with E-state index in [0.29, 0.717) is 0 Å². The van der Waals surface area contributed by atoms with Crippen LogP contribution >= 0.6 is 46.3 Å². The van der Waals surface area contributed by atoms with Crippen LogP contribution in [0.3, 0.4) is 0 Å². The van der Waals surface area contributed by atoms with Crippen LogP contribution in [0, 0.1) is 0 Å². The molecule has 7 heteroatoms. The first kappa shape index (κ1) is 17.8. The number of fused-ring (bicyclic) bond motifs is 1. The predicted molar refractivity (Wildman–Crippen MR) is 108 cm³/mol. The van der Waals surface area contributed by atoms with Crippen LogP contribution in [-0.2, 0) is 12.2 Å². The summed E-state index contributed by atoms with van der Waals surface area (Å²) in [4.78, 5) is 11.1. The van der Waals surface area contributed by atoms with E-state index in [0.717, 1.165) is 56.1 Å². The number of hydrogen-bond donors (Lipinski definition) is 1. The van der Waals surface area contributed by atoms with Crippen LogP contribution in [0.2, 0.25) is 10.0 Å². The molecule has 3 aromatic rings. The van der Waals surface area contributed by atoms with Gasteiger partial charge in [-0.3, -0.25) is 0 Å². The molecule has 0 amide bonds. The lowest BCUT2D eigenvalue weighted by Crippen LogP contribution is -2.06. The van der Waals surface area contributed by atoms with E-state index in [-0.39, 0.29) is 0 Å². The number of thioether (sulfide) groups is 1. The highest BCUT2D eigenvalue weighted by Crippen LogP contribution is 2.29. The maximum Gasteiger partial charge on any atom is 0.138 e. The lowest BCUT2D eigenvalue weighted by molar-refractivity contribution is 1.15. The number of hydrogen-bond acceptors (Lipinski definition) is 5.